The number of thiophene rings is 2. The largest absolute Gasteiger partial charge is 0.326 e. The molecule has 0 radical (unpaired) electrons. The Balaban J connectivity index is 2.39. The first-order valence-electron chi connectivity index (χ1n) is 6.30. The number of sulfonamides is 1. The normalized spacial score (nSPS) is 12.2. The molecular weight excluding hydrogens is 312 g/mol. The number of nitrogens with zero attached hydrogens (tertiary/aromatic N) is 1. The quantitative estimate of drug-likeness (QED) is 0.886. The van der Waals surface area contributed by atoms with Gasteiger partial charge in [-0.05, 0) is 29.3 Å². The summed E-state index contributed by atoms with van der Waals surface area (Å²) in [7, 11) is -3.49. The van der Waals surface area contributed by atoms with E-state index in [1.165, 1.54) is 15.6 Å². The Labute approximate surface area is 127 Å². The van der Waals surface area contributed by atoms with E-state index in [1.54, 1.807) is 11.3 Å². The molecule has 20 heavy (non-hydrogen) atoms. The van der Waals surface area contributed by atoms with E-state index in [2.05, 4.69) is 0 Å². The third kappa shape index (κ3) is 2.96. The molecule has 2 rings (SSSR count). The van der Waals surface area contributed by atoms with Crippen LogP contribution in [0.1, 0.15) is 22.2 Å². The lowest BCUT2D eigenvalue weighted by Gasteiger charge is -2.20. The predicted octanol–water partition coefficient (Wildman–Crippen LogP) is 2.79. The Morgan fingerprint density at radius 2 is 2.10 bits per heavy atom. The van der Waals surface area contributed by atoms with Crippen LogP contribution < -0.4 is 5.73 Å². The molecule has 0 atom stereocenters. The lowest BCUT2D eigenvalue weighted by atomic mass is 10.3. The first-order valence-corrected chi connectivity index (χ1v) is 9.50. The van der Waals surface area contributed by atoms with E-state index in [9.17, 15) is 8.42 Å². The van der Waals surface area contributed by atoms with Gasteiger partial charge in [0, 0.05) is 29.4 Å². The molecule has 0 aromatic carbocycles. The summed E-state index contributed by atoms with van der Waals surface area (Å²) in [4.78, 5) is 2.16. The molecular formula is C13H18N2O2S3. The van der Waals surface area contributed by atoms with Gasteiger partial charge in [0.15, 0.2) is 0 Å². The molecule has 2 N–H and O–H groups in total. The average molecular weight is 331 g/mol. The molecule has 0 amide bonds. The van der Waals surface area contributed by atoms with Gasteiger partial charge >= 0.3 is 0 Å². The maximum Gasteiger partial charge on any atom is 0.244 e. The molecule has 0 saturated carbocycles. The standard InChI is InChI=1S/C13H18N2O2S3/c1-3-15(8-11-5-4-6-18-11)20(16,17)13-10(2)9-19-12(13)7-14/h4-6,9H,3,7-8,14H2,1-2H3. The lowest BCUT2D eigenvalue weighted by molar-refractivity contribution is 0.426. The molecule has 2 heterocycles. The lowest BCUT2D eigenvalue weighted by Crippen LogP contribution is -2.31. The maximum atomic E-state index is 12.8. The van der Waals surface area contributed by atoms with Gasteiger partial charge in [0.25, 0.3) is 0 Å². The summed E-state index contributed by atoms with van der Waals surface area (Å²) >= 11 is 2.98. The molecule has 0 aliphatic rings. The highest BCUT2D eigenvalue weighted by atomic mass is 32.2. The van der Waals surface area contributed by atoms with Crippen molar-refractivity contribution in [1.82, 2.24) is 4.31 Å². The average Bonchev–Trinajstić information content (AvgIpc) is 3.04. The van der Waals surface area contributed by atoms with Crippen LogP contribution in [0.4, 0.5) is 0 Å². The molecule has 4 nitrogen and oxygen atoms in total. The minimum Gasteiger partial charge on any atom is -0.326 e. The molecule has 2 aromatic rings. The fourth-order valence-corrected chi connectivity index (χ4v) is 5.93. The van der Waals surface area contributed by atoms with E-state index in [1.807, 2.05) is 36.7 Å². The Morgan fingerprint density at radius 1 is 1.35 bits per heavy atom. The second-order valence-corrected chi connectivity index (χ2v) is 8.26. The Bertz CT molecular complexity index is 660. The van der Waals surface area contributed by atoms with E-state index < -0.39 is 10.0 Å². The predicted molar refractivity (Wildman–Crippen MR) is 84.5 cm³/mol. The van der Waals surface area contributed by atoms with Crippen molar-refractivity contribution >= 4 is 32.7 Å². The Morgan fingerprint density at radius 3 is 2.65 bits per heavy atom. The fraction of sp³-hybridized carbons (Fsp3) is 0.385. The summed E-state index contributed by atoms with van der Waals surface area (Å²) in [6.07, 6.45) is 0. The van der Waals surface area contributed by atoms with Crippen molar-refractivity contribution in [2.75, 3.05) is 6.54 Å². The molecule has 0 unspecified atom stereocenters. The zero-order valence-corrected chi connectivity index (χ0v) is 13.9. The molecule has 110 valence electrons. The van der Waals surface area contributed by atoms with Crippen molar-refractivity contribution in [3.63, 3.8) is 0 Å². The van der Waals surface area contributed by atoms with Crippen molar-refractivity contribution in [2.45, 2.75) is 31.8 Å². The van der Waals surface area contributed by atoms with E-state index in [0.29, 0.717) is 18.0 Å². The van der Waals surface area contributed by atoms with Crippen LogP contribution in [-0.2, 0) is 23.1 Å². The van der Waals surface area contributed by atoms with Crippen molar-refractivity contribution in [3.8, 4) is 0 Å². The molecule has 2 aromatic heterocycles. The van der Waals surface area contributed by atoms with Crippen LogP contribution in [0, 0.1) is 6.92 Å². The zero-order chi connectivity index (χ0) is 14.8. The van der Waals surface area contributed by atoms with E-state index in [0.717, 1.165) is 15.3 Å². The van der Waals surface area contributed by atoms with Crippen molar-refractivity contribution < 1.29 is 8.42 Å². The van der Waals surface area contributed by atoms with E-state index >= 15 is 0 Å². The summed E-state index contributed by atoms with van der Waals surface area (Å²) in [5, 5.41) is 3.81. The zero-order valence-electron chi connectivity index (χ0n) is 11.5. The minimum atomic E-state index is -3.49. The number of rotatable bonds is 6. The summed E-state index contributed by atoms with van der Waals surface area (Å²) in [5.74, 6) is 0. The first kappa shape index (κ1) is 15.7. The number of nitrogens with two attached hydrogens (primary N) is 1. The summed E-state index contributed by atoms with van der Waals surface area (Å²) in [6, 6.07) is 3.88. The smallest absolute Gasteiger partial charge is 0.244 e. The van der Waals surface area contributed by atoms with Gasteiger partial charge in [-0.2, -0.15) is 4.31 Å². The van der Waals surface area contributed by atoms with Crippen LogP contribution in [0.25, 0.3) is 0 Å². The van der Waals surface area contributed by atoms with Gasteiger partial charge < -0.3 is 5.73 Å². The second-order valence-electron chi connectivity index (χ2n) is 4.39. The number of hydrogen-bond donors (Lipinski definition) is 1. The van der Waals surface area contributed by atoms with Crippen LogP contribution >= 0.6 is 22.7 Å². The molecule has 7 heteroatoms. The highest BCUT2D eigenvalue weighted by Crippen LogP contribution is 2.30. The van der Waals surface area contributed by atoms with Crippen molar-refractivity contribution in [3.05, 3.63) is 38.2 Å². The van der Waals surface area contributed by atoms with Crippen LogP contribution in [0.15, 0.2) is 27.8 Å². The van der Waals surface area contributed by atoms with Gasteiger partial charge in [0.05, 0.1) is 0 Å². The molecule has 0 spiro atoms. The third-order valence-electron chi connectivity index (χ3n) is 3.04. The molecule has 0 fully saturated rings. The van der Waals surface area contributed by atoms with Crippen LogP contribution in [-0.4, -0.2) is 19.3 Å². The van der Waals surface area contributed by atoms with Gasteiger partial charge in [0.1, 0.15) is 4.90 Å². The molecule has 0 aliphatic heterocycles. The fourth-order valence-electron chi connectivity index (χ4n) is 2.05. The van der Waals surface area contributed by atoms with Gasteiger partial charge in [-0.1, -0.05) is 13.0 Å². The Hall–Kier alpha value is -0.730. The maximum absolute atomic E-state index is 12.8. The monoisotopic (exact) mass is 330 g/mol. The summed E-state index contributed by atoms with van der Waals surface area (Å²) in [6.45, 7) is 4.79. The van der Waals surface area contributed by atoms with E-state index in [-0.39, 0.29) is 6.54 Å². The summed E-state index contributed by atoms with van der Waals surface area (Å²) < 4.78 is 27.2. The van der Waals surface area contributed by atoms with Crippen LogP contribution in [0.3, 0.4) is 0 Å². The Kier molecular flexibility index (Phi) is 4.98. The molecule has 0 saturated heterocycles. The number of aryl methyl sites for hydroxylation is 1. The number of hydrogen-bond acceptors (Lipinski definition) is 5. The third-order valence-corrected chi connectivity index (χ3v) is 7.31. The summed E-state index contributed by atoms with van der Waals surface area (Å²) in [5.41, 5.74) is 6.45. The highest BCUT2D eigenvalue weighted by molar-refractivity contribution is 7.89. The second kappa shape index (κ2) is 6.36. The SMILES string of the molecule is CCN(Cc1cccs1)S(=O)(=O)c1c(C)csc1CN. The van der Waals surface area contributed by atoms with Crippen LogP contribution in [0.2, 0.25) is 0 Å². The van der Waals surface area contributed by atoms with Gasteiger partial charge in [-0.15, -0.1) is 22.7 Å². The van der Waals surface area contributed by atoms with Crippen molar-refractivity contribution in [1.29, 1.82) is 0 Å². The molecule has 0 bridgehead atoms. The van der Waals surface area contributed by atoms with Gasteiger partial charge in [-0.3, -0.25) is 0 Å². The van der Waals surface area contributed by atoms with Crippen LogP contribution in [0.5, 0.6) is 0 Å². The first-order chi connectivity index (χ1) is 9.50. The highest BCUT2D eigenvalue weighted by Gasteiger charge is 2.28. The molecule has 0 aliphatic carbocycles. The van der Waals surface area contributed by atoms with E-state index in [4.69, 9.17) is 5.73 Å². The minimum absolute atomic E-state index is 0.254. The van der Waals surface area contributed by atoms with Gasteiger partial charge in [-0.25, -0.2) is 8.42 Å². The van der Waals surface area contributed by atoms with Crippen molar-refractivity contribution in [2.24, 2.45) is 5.73 Å². The topological polar surface area (TPSA) is 63.4 Å². The van der Waals surface area contributed by atoms with Gasteiger partial charge in [0.2, 0.25) is 10.0 Å².